The molecular weight excluding hydrogens is 452 g/mol. The Kier molecular flexibility index (Phi) is 6.64. The van der Waals surface area contributed by atoms with Crippen LogP contribution < -0.4 is 0 Å². The van der Waals surface area contributed by atoms with Gasteiger partial charge < -0.3 is 14.7 Å². The Labute approximate surface area is 197 Å². The summed E-state index contributed by atoms with van der Waals surface area (Å²) in [6, 6.07) is 10.7. The number of ether oxygens (including phenoxy) is 1. The Hall–Kier alpha value is -1.92. The monoisotopic (exact) mass is 477 g/mol. The van der Waals surface area contributed by atoms with Crippen LogP contribution in [0.1, 0.15) is 49.5 Å². The highest BCUT2D eigenvalue weighted by Gasteiger charge is 2.54. The Morgan fingerprint density at radius 3 is 2.62 bits per heavy atom. The zero-order valence-electron chi connectivity index (χ0n) is 17.8. The number of amides is 1. The van der Waals surface area contributed by atoms with E-state index >= 15 is 0 Å². The predicted octanol–water partition coefficient (Wildman–Crippen LogP) is 5.88. The summed E-state index contributed by atoms with van der Waals surface area (Å²) in [5.41, 5.74) is 0.126. The Morgan fingerprint density at radius 1 is 1.28 bits per heavy atom. The van der Waals surface area contributed by atoms with Crippen LogP contribution >= 0.6 is 23.2 Å². The zero-order valence-corrected chi connectivity index (χ0v) is 19.3. The van der Waals surface area contributed by atoms with Crippen LogP contribution in [0.4, 0.5) is 4.39 Å². The second-order valence-corrected chi connectivity index (χ2v) is 9.58. The van der Waals surface area contributed by atoms with Crippen molar-refractivity contribution in [3.05, 3.63) is 82.1 Å². The number of hydrogen-bond donors (Lipinski definition) is 1. The lowest BCUT2D eigenvalue weighted by Crippen LogP contribution is -2.61. The summed E-state index contributed by atoms with van der Waals surface area (Å²) in [7, 11) is 0. The number of hydrogen-bond acceptors (Lipinski definition) is 3. The van der Waals surface area contributed by atoms with Gasteiger partial charge in [-0.1, -0.05) is 47.5 Å². The fraction of sp³-hybridized carbons (Fsp3) is 0.400. The van der Waals surface area contributed by atoms with E-state index in [-0.39, 0.29) is 23.5 Å². The molecule has 4 nitrogen and oxygen atoms in total. The van der Waals surface area contributed by atoms with Gasteiger partial charge in [0, 0.05) is 11.4 Å². The lowest BCUT2D eigenvalue weighted by molar-refractivity contribution is -0.204. The van der Waals surface area contributed by atoms with E-state index in [1.807, 2.05) is 12.1 Å². The number of carbonyl (C=O) groups excluding carboxylic acids is 1. The van der Waals surface area contributed by atoms with Crippen LogP contribution in [0.25, 0.3) is 0 Å². The Morgan fingerprint density at radius 2 is 2.03 bits per heavy atom. The van der Waals surface area contributed by atoms with Gasteiger partial charge in [0.2, 0.25) is 0 Å². The molecule has 1 aliphatic heterocycles. The highest BCUT2D eigenvalue weighted by Crippen LogP contribution is 2.50. The molecule has 2 aromatic carbocycles. The third-order valence-electron chi connectivity index (χ3n) is 6.37. The van der Waals surface area contributed by atoms with E-state index in [9.17, 15) is 14.3 Å². The lowest BCUT2D eigenvalue weighted by Gasteiger charge is -2.51. The molecule has 1 amide bonds. The Bertz CT molecular complexity index is 1030. The molecular formula is C25H26Cl2FNO3. The van der Waals surface area contributed by atoms with Crippen LogP contribution in [0.5, 0.6) is 0 Å². The molecule has 0 spiro atoms. The molecule has 2 aromatic rings. The van der Waals surface area contributed by atoms with E-state index in [4.69, 9.17) is 27.9 Å². The maximum atomic E-state index is 14.5. The van der Waals surface area contributed by atoms with Crippen LogP contribution in [0, 0.1) is 11.7 Å². The highest BCUT2D eigenvalue weighted by atomic mass is 35.5. The Balaban J connectivity index is 1.91. The minimum atomic E-state index is -1.18. The average molecular weight is 478 g/mol. The van der Waals surface area contributed by atoms with Crippen molar-refractivity contribution < 1.29 is 19.0 Å². The molecule has 0 radical (unpaired) electrons. The summed E-state index contributed by atoms with van der Waals surface area (Å²) < 4.78 is 21.0. The fourth-order valence-corrected chi connectivity index (χ4v) is 4.94. The summed E-state index contributed by atoms with van der Waals surface area (Å²) in [6.07, 6.45) is 3.17. The smallest absolute Gasteiger partial charge is 0.255 e. The zero-order chi connectivity index (χ0) is 23.0. The van der Waals surface area contributed by atoms with Gasteiger partial charge in [0.1, 0.15) is 17.5 Å². The molecule has 3 unspecified atom stereocenters. The van der Waals surface area contributed by atoms with Gasteiger partial charge in [-0.3, -0.25) is 4.79 Å². The largest absolute Gasteiger partial charge is 0.394 e. The van der Waals surface area contributed by atoms with Crippen LogP contribution in [-0.2, 0) is 9.53 Å². The number of carbonyl (C=O) groups is 1. The van der Waals surface area contributed by atoms with Crippen LogP contribution in [0.3, 0.4) is 0 Å². The second-order valence-electron chi connectivity index (χ2n) is 8.74. The number of morpholine rings is 1. The van der Waals surface area contributed by atoms with Gasteiger partial charge in [-0.05, 0) is 61.1 Å². The van der Waals surface area contributed by atoms with Crippen molar-refractivity contribution in [3.63, 3.8) is 0 Å². The van der Waals surface area contributed by atoms with Crippen molar-refractivity contribution in [2.75, 3.05) is 6.61 Å². The number of nitrogens with zero attached hydrogens (tertiary/aromatic N) is 1. The predicted molar refractivity (Wildman–Crippen MR) is 123 cm³/mol. The summed E-state index contributed by atoms with van der Waals surface area (Å²) in [4.78, 5) is 15.6. The summed E-state index contributed by atoms with van der Waals surface area (Å²) in [5, 5.41) is 10.8. The van der Waals surface area contributed by atoms with Gasteiger partial charge in [-0.25, -0.2) is 4.39 Å². The topological polar surface area (TPSA) is 49.8 Å². The molecule has 32 heavy (non-hydrogen) atoms. The van der Waals surface area contributed by atoms with Gasteiger partial charge in [0.05, 0.1) is 23.7 Å². The van der Waals surface area contributed by atoms with Crippen molar-refractivity contribution in [1.82, 2.24) is 4.90 Å². The number of aliphatic hydroxyl groups is 1. The maximum Gasteiger partial charge on any atom is 0.255 e. The van der Waals surface area contributed by atoms with Crippen LogP contribution in [0.15, 0.2) is 55.1 Å². The van der Waals surface area contributed by atoms with Gasteiger partial charge in [0.25, 0.3) is 5.91 Å². The van der Waals surface area contributed by atoms with E-state index in [2.05, 4.69) is 6.58 Å². The average Bonchev–Trinajstić information content (AvgIpc) is 3.59. The van der Waals surface area contributed by atoms with Crippen LogP contribution in [-0.4, -0.2) is 34.2 Å². The molecule has 0 bridgehead atoms. The number of aliphatic hydroxyl groups excluding tert-OH is 1. The first-order valence-corrected chi connectivity index (χ1v) is 11.5. The molecule has 1 aliphatic carbocycles. The minimum Gasteiger partial charge on any atom is -0.394 e. The van der Waals surface area contributed by atoms with Gasteiger partial charge >= 0.3 is 0 Å². The molecule has 4 atom stereocenters. The van der Waals surface area contributed by atoms with Crippen molar-refractivity contribution in [2.45, 2.75) is 50.0 Å². The lowest BCUT2D eigenvalue weighted by atomic mass is 9.85. The molecule has 2 aliphatic rings. The highest BCUT2D eigenvalue weighted by molar-refractivity contribution is 6.31. The first-order chi connectivity index (χ1) is 15.3. The fourth-order valence-electron chi connectivity index (χ4n) is 4.62. The van der Waals surface area contributed by atoms with Crippen LogP contribution in [0.2, 0.25) is 10.0 Å². The minimum absolute atomic E-state index is 0.0000525. The van der Waals surface area contributed by atoms with E-state index in [0.717, 1.165) is 18.4 Å². The van der Waals surface area contributed by atoms with Gasteiger partial charge in [-0.15, -0.1) is 6.58 Å². The summed E-state index contributed by atoms with van der Waals surface area (Å²) in [6.45, 7) is 5.35. The number of rotatable bonds is 7. The van der Waals surface area contributed by atoms with E-state index < -0.39 is 29.6 Å². The summed E-state index contributed by atoms with van der Waals surface area (Å²) >= 11 is 12.2. The molecule has 7 heteroatoms. The molecule has 1 heterocycles. The van der Waals surface area contributed by atoms with Crippen molar-refractivity contribution in [2.24, 2.45) is 5.92 Å². The van der Waals surface area contributed by atoms with Gasteiger partial charge in [0.15, 0.2) is 0 Å². The molecule has 2 fully saturated rings. The molecule has 1 N–H and O–H groups in total. The van der Waals surface area contributed by atoms with E-state index in [1.54, 1.807) is 36.1 Å². The van der Waals surface area contributed by atoms with Gasteiger partial charge in [-0.2, -0.15) is 0 Å². The maximum absolute atomic E-state index is 14.5. The summed E-state index contributed by atoms with van der Waals surface area (Å²) in [5.74, 6) is -0.635. The van der Waals surface area contributed by atoms with E-state index in [0.29, 0.717) is 17.0 Å². The van der Waals surface area contributed by atoms with Crippen molar-refractivity contribution in [3.8, 4) is 0 Å². The normalized spacial score (nSPS) is 26.8. The van der Waals surface area contributed by atoms with Crippen molar-refractivity contribution in [1.29, 1.82) is 0 Å². The number of halogens is 3. The third-order valence-corrected chi connectivity index (χ3v) is 6.91. The SMILES string of the molecule is C=CC[C@@]1(C)OC(c2cccc(Cl)c2)C(c2ccc(Cl)c(F)c2)N(C(CO)C2CC2)C1=O. The number of benzene rings is 2. The molecule has 1 saturated carbocycles. The standard InChI is InChI=1S/C25H26Cl2FNO3/c1-3-11-25(2)24(31)29(21(14-30)15-7-8-15)22(16-9-10-19(27)20(28)13-16)23(32-25)17-5-4-6-18(26)12-17/h3-6,9-10,12-13,15,21-23,30H,1,7-8,11,14H2,2H3/t21?,22?,23?,25-/m1/s1. The second kappa shape index (κ2) is 9.14. The first kappa shape index (κ1) is 23.2. The molecule has 1 saturated heterocycles. The molecule has 170 valence electrons. The van der Waals surface area contributed by atoms with E-state index in [1.165, 1.54) is 12.1 Å². The molecule has 4 rings (SSSR count). The first-order valence-electron chi connectivity index (χ1n) is 10.7. The third kappa shape index (κ3) is 4.32. The quantitative estimate of drug-likeness (QED) is 0.506. The molecule has 0 aromatic heterocycles. The van der Waals surface area contributed by atoms with Crippen molar-refractivity contribution >= 4 is 29.1 Å².